The molecule has 2 rings (SSSR count). The second-order valence-electron chi connectivity index (χ2n) is 5.31. The lowest BCUT2D eigenvalue weighted by Crippen LogP contribution is -2.31. The molecular formula is C18H22N2O2S. The second-order valence-corrected chi connectivity index (χ2v) is 6.09. The Bertz CT molecular complexity index is 597. The standard InChI is InChI=1S/C18H22N2O2S/c21-17(9-12-20-18(22)16-10-13-23-14-16)19-11-5-4-8-15-6-2-1-3-7-15/h1-3,6-7,10,13-14H,4-5,8-9,11-12H2,(H,19,21)(H,20,22). The number of carbonyl (C=O) groups is 2. The minimum absolute atomic E-state index is 0.0182. The fourth-order valence-electron chi connectivity index (χ4n) is 2.20. The Hall–Kier alpha value is -2.14. The summed E-state index contributed by atoms with van der Waals surface area (Å²) in [5, 5.41) is 9.29. The van der Waals surface area contributed by atoms with E-state index in [4.69, 9.17) is 0 Å². The molecule has 0 atom stereocenters. The molecule has 0 aliphatic carbocycles. The number of hydrogen-bond donors (Lipinski definition) is 2. The molecule has 122 valence electrons. The summed E-state index contributed by atoms with van der Waals surface area (Å²) in [6.07, 6.45) is 3.36. The van der Waals surface area contributed by atoms with E-state index in [1.807, 2.05) is 23.6 Å². The lowest BCUT2D eigenvalue weighted by atomic mass is 10.1. The first kappa shape index (κ1) is 17.2. The van der Waals surface area contributed by atoms with Crippen molar-refractivity contribution in [3.8, 4) is 0 Å². The molecule has 0 spiro atoms. The van der Waals surface area contributed by atoms with Crippen LogP contribution in [-0.4, -0.2) is 24.9 Å². The van der Waals surface area contributed by atoms with E-state index in [-0.39, 0.29) is 11.8 Å². The fourth-order valence-corrected chi connectivity index (χ4v) is 2.84. The van der Waals surface area contributed by atoms with Crippen LogP contribution in [0.4, 0.5) is 0 Å². The van der Waals surface area contributed by atoms with Crippen LogP contribution in [0.1, 0.15) is 35.2 Å². The molecule has 0 radical (unpaired) electrons. The average Bonchev–Trinajstić information content (AvgIpc) is 3.10. The SMILES string of the molecule is O=C(CCNC(=O)c1ccsc1)NCCCCc1ccccc1. The number of hydrogen-bond acceptors (Lipinski definition) is 3. The number of benzene rings is 1. The van der Waals surface area contributed by atoms with Gasteiger partial charge in [-0.2, -0.15) is 11.3 Å². The van der Waals surface area contributed by atoms with E-state index >= 15 is 0 Å². The predicted molar refractivity (Wildman–Crippen MR) is 93.7 cm³/mol. The van der Waals surface area contributed by atoms with Crippen LogP contribution in [0.2, 0.25) is 0 Å². The van der Waals surface area contributed by atoms with E-state index in [0.29, 0.717) is 25.1 Å². The van der Waals surface area contributed by atoms with Gasteiger partial charge in [-0.1, -0.05) is 30.3 Å². The number of unbranched alkanes of at least 4 members (excludes halogenated alkanes) is 1. The van der Waals surface area contributed by atoms with Gasteiger partial charge in [0.2, 0.25) is 5.91 Å². The van der Waals surface area contributed by atoms with Gasteiger partial charge >= 0.3 is 0 Å². The second kappa shape index (κ2) is 9.79. The first-order chi connectivity index (χ1) is 11.3. The predicted octanol–water partition coefficient (Wildman–Crippen LogP) is 3.01. The molecule has 23 heavy (non-hydrogen) atoms. The molecule has 0 bridgehead atoms. The third-order valence-corrected chi connectivity index (χ3v) is 4.16. The molecule has 0 saturated heterocycles. The van der Waals surface area contributed by atoms with Crippen molar-refractivity contribution < 1.29 is 9.59 Å². The monoisotopic (exact) mass is 330 g/mol. The smallest absolute Gasteiger partial charge is 0.252 e. The Morgan fingerprint density at radius 2 is 1.78 bits per heavy atom. The zero-order valence-electron chi connectivity index (χ0n) is 13.1. The highest BCUT2D eigenvalue weighted by Gasteiger charge is 2.06. The molecule has 0 unspecified atom stereocenters. The van der Waals surface area contributed by atoms with Crippen LogP contribution in [0.3, 0.4) is 0 Å². The molecular weight excluding hydrogens is 308 g/mol. The Labute approximate surface area is 140 Å². The molecule has 2 amide bonds. The third-order valence-electron chi connectivity index (χ3n) is 3.48. The molecule has 0 aliphatic heterocycles. The Balaban J connectivity index is 1.49. The first-order valence-electron chi connectivity index (χ1n) is 7.87. The highest BCUT2D eigenvalue weighted by Crippen LogP contribution is 2.05. The number of thiophene rings is 1. The quantitative estimate of drug-likeness (QED) is 0.694. The van der Waals surface area contributed by atoms with Crippen molar-refractivity contribution in [3.05, 3.63) is 58.3 Å². The van der Waals surface area contributed by atoms with Gasteiger partial charge in [0, 0.05) is 30.5 Å². The van der Waals surface area contributed by atoms with Crippen molar-refractivity contribution in [2.75, 3.05) is 13.1 Å². The van der Waals surface area contributed by atoms with Crippen molar-refractivity contribution in [3.63, 3.8) is 0 Å². The van der Waals surface area contributed by atoms with Crippen LogP contribution >= 0.6 is 11.3 Å². The minimum atomic E-state index is -0.123. The van der Waals surface area contributed by atoms with Crippen LogP contribution in [0.15, 0.2) is 47.2 Å². The maximum Gasteiger partial charge on any atom is 0.252 e. The van der Waals surface area contributed by atoms with E-state index < -0.39 is 0 Å². The van der Waals surface area contributed by atoms with Gasteiger partial charge < -0.3 is 10.6 Å². The van der Waals surface area contributed by atoms with Crippen LogP contribution in [0.5, 0.6) is 0 Å². The largest absolute Gasteiger partial charge is 0.356 e. The van der Waals surface area contributed by atoms with Gasteiger partial charge in [-0.15, -0.1) is 0 Å². The maximum absolute atomic E-state index is 11.7. The summed E-state index contributed by atoms with van der Waals surface area (Å²) in [6.45, 7) is 1.05. The number of aryl methyl sites for hydroxylation is 1. The van der Waals surface area contributed by atoms with E-state index in [1.165, 1.54) is 16.9 Å². The highest BCUT2D eigenvalue weighted by atomic mass is 32.1. The van der Waals surface area contributed by atoms with Crippen LogP contribution < -0.4 is 10.6 Å². The number of rotatable bonds is 9. The Kier molecular flexibility index (Phi) is 7.33. The van der Waals surface area contributed by atoms with Crippen LogP contribution in [-0.2, 0) is 11.2 Å². The highest BCUT2D eigenvalue weighted by molar-refractivity contribution is 7.08. The summed E-state index contributed by atoms with van der Waals surface area (Å²) in [6, 6.07) is 12.1. The zero-order chi connectivity index (χ0) is 16.3. The van der Waals surface area contributed by atoms with Gasteiger partial charge in [0.05, 0.1) is 0 Å². The van der Waals surface area contributed by atoms with Crippen LogP contribution in [0, 0.1) is 0 Å². The van der Waals surface area contributed by atoms with Gasteiger partial charge in [-0.3, -0.25) is 9.59 Å². The molecule has 0 aliphatic rings. The summed E-state index contributed by atoms with van der Waals surface area (Å²) in [4.78, 5) is 23.4. The van der Waals surface area contributed by atoms with Gasteiger partial charge in [-0.25, -0.2) is 0 Å². The summed E-state index contributed by atoms with van der Waals surface area (Å²) >= 11 is 1.48. The Morgan fingerprint density at radius 3 is 2.52 bits per heavy atom. The normalized spacial score (nSPS) is 10.3. The Morgan fingerprint density at radius 1 is 0.957 bits per heavy atom. The number of amides is 2. The molecule has 1 aromatic heterocycles. The third kappa shape index (κ3) is 6.65. The van der Waals surface area contributed by atoms with E-state index in [2.05, 4.69) is 22.8 Å². The fraction of sp³-hybridized carbons (Fsp3) is 0.333. The molecule has 4 nitrogen and oxygen atoms in total. The zero-order valence-corrected chi connectivity index (χ0v) is 13.9. The lowest BCUT2D eigenvalue weighted by Gasteiger charge is -2.06. The summed E-state index contributed by atoms with van der Waals surface area (Å²) in [5.41, 5.74) is 1.98. The van der Waals surface area contributed by atoms with E-state index in [0.717, 1.165) is 19.3 Å². The maximum atomic E-state index is 11.7. The van der Waals surface area contributed by atoms with E-state index in [9.17, 15) is 9.59 Å². The molecule has 2 N–H and O–H groups in total. The lowest BCUT2D eigenvalue weighted by molar-refractivity contribution is -0.120. The van der Waals surface area contributed by atoms with Crippen molar-refractivity contribution in [2.24, 2.45) is 0 Å². The summed E-state index contributed by atoms with van der Waals surface area (Å²) in [7, 11) is 0. The number of carbonyl (C=O) groups excluding carboxylic acids is 2. The molecule has 0 fully saturated rings. The molecule has 0 saturated carbocycles. The molecule has 5 heteroatoms. The van der Waals surface area contributed by atoms with Gasteiger partial charge in [-0.05, 0) is 36.3 Å². The molecule has 2 aromatic rings. The van der Waals surface area contributed by atoms with Crippen molar-refractivity contribution >= 4 is 23.2 Å². The van der Waals surface area contributed by atoms with Crippen molar-refractivity contribution in [2.45, 2.75) is 25.7 Å². The first-order valence-corrected chi connectivity index (χ1v) is 8.81. The average molecular weight is 330 g/mol. The van der Waals surface area contributed by atoms with Gasteiger partial charge in [0.1, 0.15) is 0 Å². The summed E-state index contributed by atoms with van der Waals surface area (Å²) in [5.74, 6) is -0.141. The minimum Gasteiger partial charge on any atom is -0.356 e. The van der Waals surface area contributed by atoms with Crippen LogP contribution in [0.25, 0.3) is 0 Å². The van der Waals surface area contributed by atoms with Crippen molar-refractivity contribution in [1.29, 1.82) is 0 Å². The van der Waals surface area contributed by atoms with Gasteiger partial charge in [0.25, 0.3) is 5.91 Å². The summed E-state index contributed by atoms with van der Waals surface area (Å²) < 4.78 is 0. The van der Waals surface area contributed by atoms with E-state index in [1.54, 1.807) is 11.4 Å². The molecule has 1 heterocycles. The number of nitrogens with one attached hydrogen (secondary N) is 2. The van der Waals surface area contributed by atoms with Gasteiger partial charge in [0.15, 0.2) is 0 Å². The topological polar surface area (TPSA) is 58.2 Å². The molecule has 1 aromatic carbocycles. The van der Waals surface area contributed by atoms with Crippen molar-refractivity contribution in [1.82, 2.24) is 10.6 Å².